The van der Waals surface area contributed by atoms with Crippen LogP contribution in [0.2, 0.25) is 0 Å². The Morgan fingerprint density at radius 1 is 1.75 bits per heavy atom. The molecule has 0 aromatic rings. The molecule has 12 heavy (non-hydrogen) atoms. The number of carbonyl (C=O) groups is 1. The Hall–Kier alpha value is -0.830. The van der Waals surface area contributed by atoms with E-state index in [4.69, 9.17) is 10.5 Å². The van der Waals surface area contributed by atoms with Crippen LogP contribution in [0.25, 0.3) is 0 Å². The van der Waals surface area contributed by atoms with Crippen molar-refractivity contribution in [3.63, 3.8) is 0 Å². The van der Waals surface area contributed by atoms with E-state index < -0.39 is 0 Å². The second-order valence-corrected chi connectivity index (χ2v) is 2.84. The summed E-state index contributed by atoms with van der Waals surface area (Å²) in [5.41, 5.74) is 5.51. The van der Waals surface area contributed by atoms with Crippen LogP contribution in [-0.2, 0) is 9.53 Å². The van der Waals surface area contributed by atoms with E-state index >= 15 is 0 Å². The smallest absolute Gasteiger partial charge is 0.306 e. The first-order valence-corrected chi connectivity index (χ1v) is 4.19. The maximum atomic E-state index is 10.9. The van der Waals surface area contributed by atoms with E-state index in [0.717, 1.165) is 12.8 Å². The molecule has 3 heteroatoms. The minimum absolute atomic E-state index is 0.164. The lowest BCUT2D eigenvalue weighted by Gasteiger charge is -2.03. The number of nitrogens with two attached hydrogens (primary N) is 1. The lowest BCUT2D eigenvalue weighted by molar-refractivity contribution is -0.142. The number of carbonyl (C=O) groups excluding carboxylic acids is 1. The standard InChI is InChI=1S/C9H17NO2/c1-3-7-12-9(11)6-4-5-8(2)10/h3,8H,1,4-7,10H2,2H3. The quantitative estimate of drug-likeness (QED) is 0.483. The first kappa shape index (κ1) is 11.2. The third-order valence-electron chi connectivity index (χ3n) is 1.40. The van der Waals surface area contributed by atoms with E-state index in [2.05, 4.69) is 6.58 Å². The maximum absolute atomic E-state index is 10.9. The van der Waals surface area contributed by atoms with Gasteiger partial charge in [-0.1, -0.05) is 12.7 Å². The van der Waals surface area contributed by atoms with Crippen molar-refractivity contribution in [2.45, 2.75) is 32.2 Å². The molecule has 0 saturated carbocycles. The summed E-state index contributed by atoms with van der Waals surface area (Å²) in [6.07, 6.45) is 3.68. The van der Waals surface area contributed by atoms with Crippen LogP contribution in [0.1, 0.15) is 26.2 Å². The Bertz CT molecular complexity index is 143. The van der Waals surface area contributed by atoms with E-state index in [1.165, 1.54) is 0 Å². The normalized spacial score (nSPS) is 12.2. The average molecular weight is 171 g/mol. The highest BCUT2D eigenvalue weighted by molar-refractivity contribution is 5.69. The molecule has 0 aliphatic carbocycles. The van der Waals surface area contributed by atoms with Gasteiger partial charge >= 0.3 is 5.97 Å². The second kappa shape index (κ2) is 6.85. The fourth-order valence-electron chi connectivity index (χ4n) is 0.792. The molecule has 0 rings (SSSR count). The summed E-state index contributed by atoms with van der Waals surface area (Å²) < 4.78 is 4.78. The first-order valence-electron chi connectivity index (χ1n) is 4.19. The molecule has 0 radical (unpaired) electrons. The molecule has 0 amide bonds. The van der Waals surface area contributed by atoms with E-state index in [9.17, 15) is 4.79 Å². The molecule has 70 valence electrons. The molecule has 0 bridgehead atoms. The van der Waals surface area contributed by atoms with Crippen LogP contribution in [0.3, 0.4) is 0 Å². The van der Waals surface area contributed by atoms with Gasteiger partial charge in [-0.25, -0.2) is 0 Å². The van der Waals surface area contributed by atoms with Crippen LogP contribution < -0.4 is 5.73 Å². The zero-order valence-electron chi connectivity index (χ0n) is 7.58. The van der Waals surface area contributed by atoms with Crippen molar-refractivity contribution >= 4 is 5.97 Å². The molecule has 1 unspecified atom stereocenters. The number of hydrogen-bond acceptors (Lipinski definition) is 3. The van der Waals surface area contributed by atoms with Crippen molar-refractivity contribution in [3.05, 3.63) is 12.7 Å². The third kappa shape index (κ3) is 7.28. The van der Waals surface area contributed by atoms with Gasteiger partial charge in [0.15, 0.2) is 0 Å². The van der Waals surface area contributed by atoms with Gasteiger partial charge in [0, 0.05) is 12.5 Å². The van der Waals surface area contributed by atoms with Gasteiger partial charge in [-0.05, 0) is 19.8 Å². The van der Waals surface area contributed by atoms with E-state index in [0.29, 0.717) is 13.0 Å². The van der Waals surface area contributed by atoms with Gasteiger partial charge < -0.3 is 10.5 Å². The van der Waals surface area contributed by atoms with E-state index in [-0.39, 0.29) is 12.0 Å². The molecule has 0 aliphatic rings. The largest absolute Gasteiger partial charge is 0.461 e. The summed E-state index contributed by atoms with van der Waals surface area (Å²) in [6.45, 7) is 5.67. The van der Waals surface area contributed by atoms with Gasteiger partial charge in [-0.2, -0.15) is 0 Å². The Balaban J connectivity index is 3.25. The van der Waals surface area contributed by atoms with Crippen LogP contribution in [0.4, 0.5) is 0 Å². The number of ether oxygens (including phenoxy) is 1. The minimum atomic E-state index is -0.171. The highest BCUT2D eigenvalue weighted by Crippen LogP contribution is 1.99. The number of rotatable bonds is 6. The number of hydrogen-bond donors (Lipinski definition) is 1. The Morgan fingerprint density at radius 2 is 2.42 bits per heavy atom. The fourth-order valence-corrected chi connectivity index (χ4v) is 0.792. The van der Waals surface area contributed by atoms with Gasteiger partial charge in [-0.15, -0.1) is 0 Å². The van der Waals surface area contributed by atoms with Crippen LogP contribution >= 0.6 is 0 Å². The lowest BCUT2D eigenvalue weighted by atomic mass is 10.1. The van der Waals surface area contributed by atoms with Crippen molar-refractivity contribution in [1.29, 1.82) is 0 Å². The van der Waals surface area contributed by atoms with Crippen molar-refractivity contribution in [3.8, 4) is 0 Å². The molecule has 0 heterocycles. The second-order valence-electron chi connectivity index (χ2n) is 2.84. The molecule has 0 spiro atoms. The lowest BCUT2D eigenvalue weighted by Crippen LogP contribution is -2.15. The van der Waals surface area contributed by atoms with Crippen molar-refractivity contribution in [2.24, 2.45) is 5.73 Å². The summed E-state index contributed by atoms with van der Waals surface area (Å²) in [5.74, 6) is -0.171. The van der Waals surface area contributed by atoms with Crippen molar-refractivity contribution in [2.75, 3.05) is 6.61 Å². The van der Waals surface area contributed by atoms with Gasteiger partial charge in [0.05, 0.1) is 0 Å². The van der Waals surface area contributed by atoms with Crippen LogP contribution in [0.15, 0.2) is 12.7 Å². The highest BCUT2D eigenvalue weighted by Gasteiger charge is 2.02. The van der Waals surface area contributed by atoms with Gasteiger partial charge in [0.1, 0.15) is 6.61 Å². The van der Waals surface area contributed by atoms with Crippen LogP contribution in [0, 0.1) is 0 Å². The molecular weight excluding hydrogens is 154 g/mol. The topological polar surface area (TPSA) is 52.3 Å². The van der Waals surface area contributed by atoms with Crippen LogP contribution in [-0.4, -0.2) is 18.6 Å². The van der Waals surface area contributed by atoms with Crippen molar-refractivity contribution < 1.29 is 9.53 Å². The fraction of sp³-hybridized carbons (Fsp3) is 0.667. The Morgan fingerprint density at radius 3 is 2.92 bits per heavy atom. The Labute approximate surface area is 73.6 Å². The average Bonchev–Trinajstić information content (AvgIpc) is 2.00. The van der Waals surface area contributed by atoms with Crippen molar-refractivity contribution in [1.82, 2.24) is 0 Å². The molecule has 1 atom stereocenters. The zero-order chi connectivity index (χ0) is 9.40. The van der Waals surface area contributed by atoms with Gasteiger partial charge in [0.2, 0.25) is 0 Å². The predicted octanol–water partition coefficient (Wildman–Crippen LogP) is 1.23. The summed E-state index contributed by atoms with van der Waals surface area (Å²) in [6, 6.07) is 0.164. The minimum Gasteiger partial charge on any atom is -0.461 e. The third-order valence-corrected chi connectivity index (χ3v) is 1.40. The molecule has 2 N–H and O–H groups in total. The van der Waals surface area contributed by atoms with Gasteiger partial charge in [0.25, 0.3) is 0 Å². The van der Waals surface area contributed by atoms with Gasteiger partial charge in [-0.3, -0.25) is 4.79 Å². The highest BCUT2D eigenvalue weighted by atomic mass is 16.5. The molecule has 0 saturated heterocycles. The maximum Gasteiger partial charge on any atom is 0.306 e. The monoisotopic (exact) mass is 171 g/mol. The summed E-state index contributed by atoms with van der Waals surface area (Å²) in [5, 5.41) is 0. The SMILES string of the molecule is C=CCOC(=O)CCCC(C)N. The Kier molecular flexibility index (Phi) is 6.38. The zero-order valence-corrected chi connectivity index (χ0v) is 7.58. The van der Waals surface area contributed by atoms with E-state index in [1.807, 2.05) is 6.92 Å². The van der Waals surface area contributed by atoms with E-state index in [1.54, 1.807) is 6.08 Å². The molecular formula is C9H17NO2. The molecule has 0 aromatic heterocycles. The summed E-state index contributed by atoms with van der Waals surface area (Å²) in [7, 11) is 0. The molecule has 0 aliphatic heterocycles. The number of esters is 1. The summed E-state index contributed by atoms with van der Waals surface area (Å²) >= 11 is 0. The molecule has 3 nitrogen and oxygen atoms in total. The molecule has 0 fully saturated rings. The molecule has 0 aromatic carbocycles. The predicted molar refractivity (Wildman–Crippen MR) is 48.7 cm³/mol. The van der Waals surface area contributed by atoms with Crippen LogP contribution in [0.5, 0.6) is 0 Å². The first-order chi connectivity index (χ1) is 5.66. The summed E-state index contributed by atoms with van der Waals surface area (Å²) in [4.78, 5) is 10.9.